The summed E-state index contributed by atoms with van der Waals surface area (Å²) in [5, 5.41) is 2.99. The fourth-order valence-corrected chi connectivity index (χ4v) is 1.82. The number of nitrogens with one attached hydrogen (secondary N) is 1. The topological polar surface area (TPSA) is 68.9 Å². The Labute approximate surface area is 87.9 Å². The van der Waals surface area contributed by atoms with Crippen LogP contribution in [0.2, 0.25) is 6.04 Å². The van der Waals surface area contributed by atoms with Gasteiger partial charge >= 0.3 is 0 Å². The first-order valence-corrected chi connectivity index (χ1v) is 5.78. The van der Waals surface area contributed by atoms with Gasteiger partial charge in [0.15, 0.2) is 5.96 Å². The van der Waals surface area contributed by atoms with Gasteiger partial charge in [-0.1, -0.05) is 6.04 Å². The molecule has 0 aromatic heterocycles. The van der Waals surface area contributed by atoms with Gasteiger partial charge in [0.05, 0.1) is 0 Å². The molecule has 0 bridgehead atoms. The van der Waals surface area contributed by atoms with Gasteiger partial charge in [-0.05, 0) is 6.42 Å². The van der Waals surface area contributed by atoms with Gasteiger partial charge in [0.25, 0.3) is 0 Å². The van der Waals surface area contributed by atoms with Gasteiger partial charge < -0.3 is 20.5 Å². The predicted molar refractivity (Wildman–Crippen MR) is 58.5 cm³/mol. The molecule has 0 aromatic rings. The molecule has 0 amide bonds. The Morgan fingerprint density at radius 3 is 2.64 bits per heavy atom. The normalized spacial score (nSPS) is 12.1. The van der Waals surface area contributed by atoms with Gasteiger partial charge in [0.2, 0.25) is 0 Å². The summed E-state index contributed by atoms with van der Waals surface area (Å²) in [5.74, 6) is 0.426. The van der Waals surface area contributed by atoms with E-state index in [1.807, 2.05) is 0 Å². The molecular formula is C8H19N3O2Si. The van der Waals surface area contributed by atoms with Crippen LogP contribution in [0.1, 0.15) is 6.42 Å². The monoisotopic (exact) mass is 217 g/mol. The fourth-order valence-electron chi connectivity index (χ4n) is 0.867. The van der Waals surface area contributed by atoms with Crippen LogP contribution in [-0.4, -0.2) is 49.2 Å². The summed E-state index contributed by atoms with van der Waals surface area (Å²) in [4.78, 5) is 3.79. The predicted octanol–water partition coefficient (Wildman–Crippen LogP) is -0.390. The Hall–Kier alpha value is -0.593. The largest absolute Gasteiger partial charge is 0.370 e. The molecule has 3 N–H and O–H groups in total. The van der Waals surface area contributed by atoms with Crippen molar-refractivity contribution in [3.8, 4) is 0 Å². The molecule has 0 aromatic carbocycles. The molecule has 0 rings (SSSR count). The third kappa shape index (κ3) is 6.87. The molecule has 5 nitrogen and oxygen atoms in total. The molecule has 0 aliphatic heterocycles. The smallest absolute Gasteiger partial charge is 0.188 e. The van der Waals surface area contributed by atoms with Gasteiger partial charge in [-0.3, -0.25) is 4.99 Å². The molecule has 0 saturated carbocycles. The van der Waals surface area contributed by atoms with Crippen molar-refractivity contribution >= 4 is 15.5 Å². The van der Waals surface area contributed by atoms with E-state index in [0.717, 1.165) is 19.0 Å². The second-order valence-electron chi connectivity index (χ2n) is 2.65. The molecule has 0 aliphatic rings. The standard InChI is InChI=1S/C8H19N3O2Si/c1-10-7(9)11-5-4-6-14-8(12-2)13-3/h8H,4-6H2,1-3H3,(H3,9,10,11). The third-order valence-corrected chi connectivity index (χ3v) is 3.09. The summed E-state index contributed by atoms with van der Waals surface area (Å²) in [7, 11) is 5.63. The van der Waals surface area contributed by atoms with Crippen molar-refractivity contribution < 1.29 is 9.47 Å². The van der Waals surface area contributed by atoms with Crippen LogP contribution in [0.15, 0.2) is 4.99 Å². The molecule has 0 fully saturated rings. The zero-order chi connectivity index (χ0) is 10.8. The van der Waals surface area contributed by atoms with Crippen LogP contribution in [0.5, 0.6) is 0 Å². The highest BCUT2D eigenvalue weighted by atomic mass is 28.2. The number of hydrogen-bond donors (Lipinski definition) is 2. The quantitative estimate of drug-likeness (QED) is 0.200. The highest BCUT2D eigenvalue weighted by Gasteiger charge is 2.04. The SMILES string of the molecule is CN=C(N)NCCC[Si]C(OC)OC. The number of nitrogens with two attached hydrogens (primary N) is 1. The van der Waals surface area contributed by atoms with Crippen molar-refractivity contribution in [1.29, 1.82) is 0 Å². The van der Waals surface area contributed by atoms with E-state index < -0.39 is 0 Å². The molecule has 2 radical (unpaired) electrons. The van der Waals surface area contributed by atoms with E-state index in [9.17, 15) is 0 Å². The highest BCUT2D eigenvalue weighted by molar-refractivity contribution is 6.36. The summed E-state index contributed by atoms with van der Waals surface area (Å²) in [6, 6.07) is 1.07. The minimum atomic E-state index is -0.0628. The average molecular weight is 217 g/mol. The van der Waals surface area contributed by atoms with Crippen molar-refractivity contribution in [2.45, 2.75) is 18.4 Å². The van der Waals surface area contributed by atoms with Gasteiger partial charge in [0.1, 0.15) is 15.4 Å². The van der Waals surface area contributed by atoms with E-state index in [-0.39, 0.29) is 5.91 Å². The van der Waals surface area contributed by atoms with Gasteiger partial charge in [-0.25, -0.2) is 0 Å². The van der Waals surface area contributed by atoms with Crippen LogP contribution in [0.4, 0.5) is 0 Å². The molecule has 0 heterocycles. The molecule has 0 saturated heterocycles. The molecule has 82 valence electrons. The number of aliphatic imine (C=N–C) groups is 1. The molecule has 6 heteroatoms. The maximum absolute atomic E-state index is 5.46. The summed E-state index contributed by atoms with van der Waals surface area (Å²) in [6.45, 7) is 0.844. The summed E-state index contributed by atoms with van der Waals surface area (Å²) < 4.78 is 10.1. The van der Waals surface area contributed by atoms with Crippen LogP contribution >= 0.6 is 0 Å². The Kier molecular flexibility index (Phi) is 8.60. The lowest BCUT2D eigenvalue weighted by molar-refractivity contribution is -0.0441. The van der Waals surface area contributed by atoms with Crippen LogP contribution < -0.4 is 11.1 Å². The van der Waals surface area contributed by atoms with Gasteiger partial charge in [-0.2, -0.15) is 0 Å². The average Bonchev–Trinajstić information content (AvgIpc) is 2.23. The maximum atomic E-state index is 5.46. The molecule has 0 atom stereocenters. The summed E-state index contributed by atoms with van der Waals surface area (Å²) in [6.07, 6.45) is 1.04. The lowest BCUT2D eigenvalue weighted by Gasteiger charge is -2.11. The third-order valence-electron chi connectivity index (χ3n) is 1.64. The Bertz CT molecular complexity index is 163. The van der Waals surface area contributed by atoms with Crippen molar-refractivity contribution in [2.75, 3.05) is 27.8 Å². The summed E-state index contributed by atoms with van der Waals surface area (Å²) in [5.41, 5.74) is 5.46. The number of ether oxygens (including phenoxy) is 2. The maximum Gasteiger partial charge on any atom is 0.188 e. The highest BCUT2D eigenvalue weighted by Crippen LogP contribution is 1.95. The molecule has 0 spiro atoms. The number of methoxy groups -OCH3 is 2. The number of guanidine groups is 1. The minimum Gasteiger partial charge on any atom is -0.370 e. The van der Waals surface area contributed by atoms with Crippen molar-refractivity contribution in [3.05, 3.63) is 0 Å². The lowest BCUT2D eigenvalue weighted by atomic mass is 10.5. The second-order valence-corrected chi connectivity index (χ2v) is 4.03. The van der Waals surface area contributed by atoms with E-state index >= 15 is 0 Å². The molecule has 0 aliphatic carbocycles. The van der Waals surface area contributed by atoms with Crippen molar-refractivity contribution in [2.24, 2.45) is 10.7 Å². The van der Waals surface area contributed by atoms with Gasteiger partial charge in [0, 0.05) is 27.8 Å². The summed E-state index contributed by atoms with van der Waals surface area (Å²) >= 11 is 0. The van der Waals surface area contributed by atoms with Crippen LogP contribution in [0.25, 0.3) is 0 Å². The van der Waals surface area contributed by atoms with Crippen LogP contribution in [0, 0.1) is 0 Å². The molecule has 0 unspecified atom stereocenters. The molecule has 14 heavy (non-hydrogen) atoms. The van der Waals surface area contributed by atoms with E-state index in [0.29, 0.717) is 15.5 Å². The van der Waals surface area contributed by atoms with E-state index in [4.69, 9.17) is 15.2 Å². The molecular weight excluding hydrogens is 198 g/mol. The Morgan fingerprint density at radius 1 is 1.50 bits per heavy atom. The first-order chi connectivity index (χ1) is 6.74. The number of hydrogen-bond acceptors (Lipinski definition) is 3. The van der Waals surface area contributed by atoms with E-state index in [1.54, 1.807) is 21.3 Å². The van der Waals surface area contributed by atoms with Crippen molar-refractivity contribution in [3.63, 3.8) is 0 Å². The van der Waals surface area contributed by atoms with E-state index in [2.05, 4.69) is 10.3 Å². The van der Waals surface area contributed by atoms with Crippen LogP contribution in [0.3, 0.4) is 0 Å². The Balaban J connectivity index is 3.29. The fraction of sp³-hybridized carbons (Fsp3) is 0.875. The Morgan fingerprint density at radius 2 is 2.14 bits per heavy atom. The van der Waals surface area contributed by atoms with Crippen molar-refractivity contribution in [1.82, 2.24) is 5.32 Å². The lowest BCUT2D eigenvalue weighted by Crippen LogP contribution is -2.32. The number of nitrogens with zero attached hydrogens (tertiary/aromatic N) is 1. The number of rotatable bonds is 7. The minimum absolute atomic E-state index is 0.0628. The van der Waals surface area contributed by atoms with Crippen LogP contribution in [-0.2, 0) is 9.47 Å². The second kappa shape index (κ2) is 8.98. The van der Waals surface area contributed by atoms with E-state index in [1.165, 1.54) is 0 Å². The zero-order valence-corrected chi connectivity index (χ0v) is 10.0. The zero-order valence-electron chi connectivity index (χ0n) is 9.04. The van der Waals surface area contributed by atoms with Gasteiger partial charge in [-0.15, -0.1) is 0 Å². The first-order valence-electron chi connectivity index (χ1n) is 4.49. The first kappa shape index (κ1) is 13.4.